The number of halogens is 4. The second kappa shape index (κ2) is 8.94. The molecule has 3 heterocycles. The second-order valence-corrected chi connectivity index (χ2v) is 7.74. The highest BCUT2D eigenvalue weighted by atomic mass is 19.4. The standard InChI is InChI=1S/C21H21F4N5O3/c22-12-3-4-16(21(23,24)25)14(8-12)17-2-1-6-29(17)18-5-7-30-19(28-18)15(10-27-30)20(33)26-9-13(32)11-31/h3-5,7-8,10,13,17,31-32H,1-2,6,9,11H2,(H,26,33)/t13?,17-/m1/s1. The molecule has 1 aromatic carbocycles. The molecule has 1 aliphatic heterocycles. The fourth-order valence-electron chi connectivity index (χ4n) is 3.98. The van der Waals surface area contributed by atoms with Gasteiger partial charge >= 0.3 is 6.18 Å². The third kappa shape index (κ3) is 4.62. The van der Waals surface area contributed by atoms with E-state index in [-0.39, 0.29) is 23.3 Å². The maximum absolute atomic E-state index is 13.9. The molecule has 176 valence electrons. The zero-order valence-corrected chi connectivity index (χ0v) is 17.3. The van der Waals surface area contributed by atoms with Gasteiger partial charge in [-0.05, 0) is 42.7 Å². The lowest BCUT2D eigenvalue weighted by atomic mass is 9.97. The Kier molecular flexibility index (Phi) is 6.21. The van der Waals surface area contributed by atoms with Crippen molar-refractivity contribution < 1.29 is 32.6 Å². The summed E-state index contributed by atoms with van der Waals surface area (Å²) >= 11 is 0. The number of hydrogen-bond donors (Lipinski definition) is 3. The monoisotopic (exact) mass is 467 g/mol. The lowest BCUT2D eigenvalue weighted by Crippen LogP contribution is -2.33. The minimum atomic E-state index is -4.63. The van der Waals surface area contributed by atoms with Gasteiger partial charge in [0.15, 0.2) is 5.65 Å². The molecule has 0 radical (unpaired) electrons. The van der Waals surface area contributed by atoms with Gasteiger partial charge in [0.2, 0.25) is 0 Å². The van der Waals surface area contributed by atoms with Crippen molar-refractivity contribution in [3.8, 4) is 0 Å². The summed E-state index contributed by atoms with van der Waals surface area (Å²) in [6.45, 7) is -0.297. The van der Waals surface area contributed by atoms with Crippen molar-refractivity contribution in [1.29, 1.82) is 0 Å². The molecule has 2 atom stereocenters. The number of alkyl halides is 3. The third-order valence-corrected chi connectivity index (χ3v) is 5.53. The summed E-state index contributed by atoms with van der Waals surface area (Å²) in [7, 11) is 0. The molecule has 0 aliphatic carbocycles. The Morgan fingerprint density at radius 3 is 2.82 bits per heavy atom. The van der Waals surface area contributed by atoms with E-state index in [1.165, 1.54) is 16.9 Å². The Labute approximate surface area is 185 Å². The fraction of sp³-hybridized carbons (Fsp3) is 0.381. The Morgan fingerprint density at radius 2 is 2.09 bits per heavy atom. The average Bonchev–Trinajstić information content (AvgIpc) is 3.43. The van der Waals surface area contributed by atoms with Gasteiger partial charge in [-0.1, -0.05) is 0 Å². The molecule has 1 saturated heterocycles. The Hall–Kier alpha value is -3.25. The third-order valence-electron chi connectivity index (χ3n) is 5.53. The van der Waals surface area contributed by atoms with E-state index in [9.17, 15) is 27.5 Å². The van der Waals surface area contributed by atoms with Crippen LogP contribution < -0.4 is 10.2 Å². The van der Waals surface area contributed by atoms with E-state index in [0.717, 1.165) is 18.2 Å². The normalized spacial score (nSPS) is 17.5. The van der Waals surface area contributed by atoms with Gasteiger partial charge in [0.25, 0.3) is 5.91 Å². The first-order valence-electron chi connectivity index (χ1n) is 10.2. The summed E-state index contributed by atoms with van der Waals surface area (Å²) in [5, 5.41) is 24.8. The van der Waals surface area contributed by atoms with Gasteiger partial charge in [-0.15, -0.1) is 0 Å². The van der Waals surface area contributed by atoms with Crippen LogP contribution >= 0.6 is 0 Å². The number of carbonyl (C=O) groups is 1. The summed E-state index contributed by atoms with van der Waals surface area (Å²) in [5.74, 6) is -1.01. The highest BCUT2D eigenvalue weighted by Gasteiger charge is 2.38. The number of aliphatic hydroxyl groups excluding tert-OH is 2. The van der Waals surface area contributed by atoms with Crippen molar-refractivity contribution in [3.05, 3.63) is 59.2 Å². The molecule has 0 saturated carbocycles. The van der Waals surface area contributed by atoms with Crippen molar-refractivity contribution in [3.63, 3.8) is 0 Å². The summed E-state index contributed by atoms with van der Waals surface area (Å²) in [5.41, 5.74) is -0.788. The minimum Gasteiger partial charge on any atom is -0.394 e. The van der Waals surface area contributed by atoms with Gasteiger partial charge in [0, 0.05) is 19.3 Å². The van der Waals surface area contributed by atoms with Crippen molar-refractivity contribution in [2.75, 3.05) is 24.6 Å². The van der Waals surface area contributed by atoms with Crippen LogP contribution in [-0.4, -0.2) is 56.5 Å². The van der Waals surface area contributed by atoms with Crippen LogP contribution in [0.25, 0.3) is 5.65 Å². The van der Waals surface area contributed by atoms with Crippen LogP contribution in [0.5, 0.6) is 0 Å². The molecule has 1 amide bonds. The predicted octanol–water partition coefficient (Wildman–Crippen LogP) is 2.31. The molecule has 4 rings (SSSR count). The first-order valence-corrected chi connectivity index (χ1v) is 10.2. The van der Waals surface area contributed by atoms with Gasteiger partial charge in [-0.25, -0.2) is 13.9 Å². The van der Waals surface area contributed by atoms with Gasteiger partial charge in [0.1, 0.15) is 17.2 Å². The average molecular weight is 467 g/mol. The van der Waals surface area contributed by atoms with E-state index < -0.39 is 42.2 Å². The molecule has 1 fully saturated rings. The van der Waals surface area contributed by atoms with E-state index in [0.29, 0.717) is 25.2 Å². The SMILES string of the molecule is O=C(NCC(O)CO)c1cnn2ccc(N3CCC[C@@H]3c3cc(F)ccc3C(F)(F)F)nc12. The summed E-state index contributed by atoms with van der Waals surface area (Å²) in [6, 6.07) is 3.28. The number of nitrogens with one attached hydrogen (secondary N) is 1. The predicted molar refractivity (Wildman–Crippen MR) is 109 cm³/mol. The zero-order valence-electron chi connectivity index (χ0n) is 17.3. The number of aliphatic hydroxyl groups is 2. The number of benzene rings is 1. The molecule has 12 heteroatoms. The molecule has 1 unspecified atom stereocenters. The Bertz CT molecular complexity index is 1170. The lowest BCUT2D eigenvalue weighted by Gasteiger charge is -2.28. The molecule has 0 bridgehead atoms. The number of nitrogens with zero attached hydrogens (tertiary/aromatic N) is 4. The quantitative estimate of drug-likeness (QED) is 0.481. The first-order chi connectivity index (χ1) is 15.7. The number of amides is 1. The number of carbonyl (C=O) groups excluding carboxylic acids is 1. The van der Waals surface area contributed by atoms with Crippen LogP contribution in [0, 0.1) is 5.82 Å². The van der Waals surface area contributed by atoms with Gasteiger partial charge in [-0.2, -0.15) is 18.3 Å². The molecular formula is C21H21F4N5O3. The lowest BCUT2D eigenvalue weighted by molar-refractivity contribution is -0.138. The molecule has 33 heavy (non-hydrogen) atoms. The Morgan fingerprint density at radius 1 is 1.30 bits per heavy atom. The van der Waals surface area contributed by atoms with Crippen molar-refractivity contribution in [2.45, 2.75) is 31.2 Å². The van der Waals surface area contributed by atoms with E-state index in [1.54, 1.807) is 11.0 Å². The number of rotatable bonds is 6. The molecule has 2 aromatic heterocycles. The van der Waals surface area contributed by atoms with Gasteiger partial charge in [0.05, 0.1) is 30.5 Å². The topological polar surface area (TPSA) is 103 Å². The van der Waals surface area contributed by atoms with Crippen molar-refractivity contribution in [1.82, 2.24) is 19.9 Å². The number of anilines is 1. The van der Waals surface area contributed by atoms with Crippen LogP contribution in [0.3, 0.4) is 0 Å². The highest BCUT2D eigenvalue weighted by molar-refractivity contribution is 5.99. The molecule has 3 aromatic rings. The number of fused-ring (bicyclic) bond motifs is 1. The minimum absolute atomic E-state index is 0.0967. The van der Waals surface area contributed by atoms with E-state index in [1.807, 2.05) is 0 Å². The fourth-order valence-corrected chi connectivity index (χ4v) is 3.98. The van der Waals surface area contributed by atoms with Crippen LogP contribution in [-0.2, 0) is 6.18 Å². The van der Waals surface area contributed by atoms with E-state index in [2.05, 4.69) is 15.4 Å². The van der Waals surface area contributed by atoms with Crippen LogP contribution in [0.1, 0.15) is 40.4 Å². The van der Waals surface area contributed by atoms with Gasteiger partial charge < -0.3 is 20.4 Å². The first kappa shape index (κ1) is 22.9. The number of aromatic nitrogens is 3. The second-order valence-electron chi connectivity index (χ2n) is 7.74. The largest absolute Gasteiger partial charge is 0.416 e. The van der Waals surface area contributed by atoms with Crippen molar-refractivity contribution in [2.24, 2.45) is 0 Å². The van der Waals surface area contributed by atoms with E-state index >= 15 is 0 Å². The summed E-state index contributed by atoms with van der Waals surface area (Å²) in [6.07, 6.45) is -1.99. The molecular weight excluding hydrogens is 446 g/mol. The van der Waals surface area contributed by atoms with Gasteiger partial charge in [-0.3, -0.25) is 4.79 Å². The van der Waals surface area contributed by atoms with Crippen LogP contribution in [0.4, 0.5) is 23.4 Å². The summed E-state index contributed by atoms with van der Waals surface area (Å²) < 4.78 is 56.0. The molecule has 1 aliphatic rings. The smallest absolute Gasteiger partial charge is 0.394 e. The van der Waals surface area contributed by atoms with Crippen LogP contribution in [0.15, 0.2) is 36.7 Å². The summed E-state index contributed by atoms with van der Waals surface area (Å²) in [4.78, 5) is 18.6. The van der Waals surface area contributed by atoms with E-state index in [4.69, 9.17) is 5.11 Å². The molecule has 3 N–H and O–H groups in total. The molecule has 0 spiro atoms. The van der Waals surface area contributed by atoms with Crippen molar-refractivity contribution >= 4 is 17.4 Å². The zero-order chi connectivity index (χ0) is 23.8. The molecule has 8 nitrogen and oxygen atoms in total. The van der Waals surface area contributed by atoms with Crippen LogP contribution in [0.2, 0.25) is 0 Å². The Balaban J connectivity index is 1.68. The number of hydrogen-bond acceptors (Lipinski definition) is 6. The maximum Gasteiger partial charge on any atom is 0.416 e. The maximum atomic E-state index is 13.9. The highest BCUT2D eigenvalue weighted by Crippen LogP contribution is 2.42.